The van der Waals surface area contributed by atoms with Crippen molar-refractivity contribution in [3.63, 3.8) is 0 Å². The molecule has 1 aromatic carbocycles. The average Bonchev–Trinajstić information content (AvgIpc) is 2.25. The minimum atomic E-state index is 0.424. The molecule has 0 spiro atoms. The van der Waals surface area contributed by atoms with E-state index < -0.39 is 0 Å². The Morgan fingerprint density at radius 2 is 2.19 bits per heavy atom. The van der Waals surface area contributed by atoms with Gasteiger partial charge < -0.3 is 10.4 Å². The van der Waals surface area contributed by atoms with E-state index in [9.17, 15) is 5.11 Å². The number of aryl methyl sites for hydroxylation is 1. The molecule has 0 saturated heterocycles. The molecule has 16 heavy (non-hydrogen) atoms. The van der Waals surface area contributed by atoms with Gasteiger partial charge in [0.05, 0.1) is 0 Å². The van der Waals surface area contributed by atoms with Crippen LogP contribution in [0.15, 0.2) is 18.2 Å². The molecule has 0 aliphatic carbocycles. The lowest BCUT2D eigenvalue weighted by Crippen LogP contribution is -2.22. The van der Waals surface area contributed by atoms with Gasteiger partial charge in [-0.05, 0) is 37.0 Å². The molecule has 0 amide bonds. The van der Waals surface area contributed by atoms with E-state index in [0.717, 1.165) is 24.2 Å². The number of para-hydroxylation sites is 1. The first-order valence-corrected chi connectivity index (χ1v) is 7.01. The quantitative estimate of drug-likeness (QED) is 0.800. The lowest BCUT2D eigenvalue weighted by Gasteiger charge is -2.12. The van der Waals surface area contributed by atoms with Crippen LogP contribution < -0.4 is 5.32 Å². The maximum Gasteiger partial charge on any atom is 0.122 e. The van der Waals surface area contributed by atoms with E-state index >= 15 is 0 Å². The Labute approximate surface area is 102 Å². The summed E-state index contributed by atoms with van der Waals surface area (Å²) in [4.78, 5) is 0. The molecule has 90 valence electrons. The zero-order chi connectivity index (χ0) is 12.0. The van der Waals surface area contributed by atoms with Crippen molar-refractivity contribution in [3.8, 4) is 5.75 Å². The highest BCUT2D eigenvalue weighted by Gasteiger charge is 2.04. The maximum absolute atomic E-state index is 9.82. The number of hydrogen-bond donors (Lipinski definition) is 2. The molecular weight excluding hydrogens is 218 g/mol. The molecule has 0 aromatic heterocycles. The standard InChI is InChI=1S/C13H21NOS/c1-10(9-16-3)7-14-8-12-6-4-5-11(2)13(12)15/h4-6,10,14-15H,7-9H2,1-3H3. The zero-order valence-electron chi connectivity index (χ0n) is 10.3. The molecule has 2 N–H and O–H groups in total. The van der Waals surface area contributed by atoms with Gasteiger partial charge in [0.1, 0.15) is 5.75 Å². The highest BCUT2D eigenvalue weighted by atomic mass is 32.2. The molecule has 2 nitrogen and oxygen atoms in total. The number of benzene rings is 1. The van der Waals surface area contributed by atoms with Crippen LogP contribution in [-0.2, 0) is 6.54 Å². The summed E-state index contributed by atoms with van der Waals surface area (Å²) >= 11 is 1.87. The Hall–Kier alpha value is -0.670. The lowest BCUT2D eigenvalue weighted by atomic mass is 10.1. The number of phenols is 1. The predicted octanol–water partition coefficient (Wildman–Crippen LogP) is 2.79. The van der Waals surface area contributed by atoms with Crippen molar-refractivity contribution in [3.05, 3.63) is 29.3 Å². The van der Waals surface area contributed by atoms with E-state index in [-0.39, 0.29) is 0 Å². The molecule has 0 aliphatic rings. The fraction of sp³-hybridized carbons (Fsp3) is 0.538. The Kier molecular flexibility index (Phi) is 5.71. The summed E-state index contributed by atoms with van der Waals surface area (Å²) in [6.45, 7) is 5.90. The van der Waals surface area contributed by atoms with E-state index in [1.54, 1.807) is 0 Å². The van der Waals surface area contributed by atoms with Gasteiger partial charge in [-0.3, -0.25) is 0 Å². The van der Waals surface area contributed by atoms with E-state index in [2.05, 4.69) is 18.5 Å². The molecule has 3 heteroatoms. The van der Waals surface area contributed by atoms with Crippen LogP contribution >= 0.6 is 11.8 Å². The summed E-state index contributed by atoms with van der Waals surface area (Å²) in [6.07, 6.45) is 2.13. The Morgan fingerprint density at radius 3 is 2.88 bits per heavy atom. The minimum absolute atomic E-state index is 0.424. The molecule has 1 aromatic rings. The molecule has 0 saturated carbocycles. The third-order valence-electron chi connectivity index (χ3n) is 2.58. The third kappa shape index (κ3) is 4.06. The van der Waals surface area contributed by atoms with Crippen LogP contribution in [0.5, 0.6) is 5.75 Å². The lowest BCUT2D eigenvalue weighted by molar-refractivity contribution is 0.457. The SMILES string of the molecule is CSCC(C)CNCc1cccc(C)c1O. The first-order chi connectivity index (χ1) is 7.65. The van der Waals surface area contributed by atoms with Gasteiger partial charge in [-0.2, -0.15) is 11.8 Å². The molecule has 0 fully saturated rings. The topological polar surface area (TPSA) is 32.3 Å². The van der Waals surface area contributed by atoms with Crippen LogP contribution in [0.25, 0.3) is 0 Å². The highest BCUT2D eigenvalue weighted by Crippen LogP contribution is 2.20. The molecule has 1 rings (SSSR count). The van der Waals surface area contributed by atoms with Crippen LogP contribution in [0, 0.1) is 12.8 Å². The molecular formula is C13H21NOS. The maximum atomic E-state index is 9.82. The average molecular weight is 239 g/mol. The molecule has 0 radical (unpaired) electrons. The number of aromatic hydroxyl groups is 1. The summed E-state index contributed by atoms with van der Waals surface area (Å²) in [5, 5.41) is 13.2. The van der Waals surface area contributed by atoms with Crippen molar-refractivity contribution in [1.29, 1.82) is 0 Å². The number of phenolic OH excluding ortho intramolecular Hbond substituents is 1. The van der Waals surface area contributed by atoms with Crippen molar-refractivity contribution >= 4 is 11.8 Å². The molecule has 1 unspecified atom stereocenters. The minimum Gasteiger partial charge on any atom is -0.507 e. The van der Waals surface area contributed by atoms with Gasteiger partial charge >= 0.3 is 0 Å². The number of rotatable bonds is 6. The second-order valence-corrected chi connectivity index (χ2v) is 5.18. The summed E-state index contributed by atoms with van der Waals surface area (Å²) in [5.74, 6) is 2.27. The van der Waals surface area contributed by atoms with Crippen LogP contribution in [-0.4, -0.2) is 23.7 Å². The largest absolute Gasteiger partial charge is 0.507 e. The number of hydrogen-bond acceptors (Lipinski definition) is 3. The monoisotopic (exact) mass is 239 g/mol. The summed E-state index contributed by atoms with van der Waals surface area (Å²) in [7, 11) is 0. The Morgan fingerprint density at radius 1 is 1.44 bits per heavy atom. The predicted molar refractivity (Wildman–Crippen MR) is 72.1 cm³/mol. The van der Waals surface area contributed by atoms with Crippen molar-refractivity contribution in [2.75, 3.05) is 18.6 Å². The first kappa shape index (κ1) is 13.4. The van der Waals surface area contributed by atoms with Crippen LogP contribution in [0.3, 0.4) is 0 Å². The normalized spacial score (nSPS) is 12.7. The first-order valence-electron chi connectivity index (χ1n) is 5.62. The van der Waals surface area contributed by atoms with Crippen LogP contribution in [0.4, 0.5) is 0 Å². The summed E-state index contributed by atoms with van der Waals surface area (Å²) in [5.41, 5.74) is 1.92. The van der Waals surface area contributed by atoms with Gasteiger partial charge in [0.2, 0.25) is 0 Å². The van der Waals surface area contributed by atoms with E-state index in [4.69, 9.17) is 0 Å². The van der Waals surface area contributed by atoms with Crippen molar-refractivity contribution in [1.82, 2.24) is 5.32 Å². The van der Waals surface area contributed by atoms with Crippen molar-refractivity contribution < 1.29 is 5.11 Å². The summed E-state index contributed by atoms with van der Waals surface area (Å²) < 4.78 is 0. The second-order valence-electron chi connectivity index (χ2n) is 4.27. The fourth-order valence-corrected chi connectivity index (χ4v) is 2.35. The Bertz CT molecular complexity index is 328. The van der Waals surface area contributed by atoms with Gasteiger partial charge in [-0.1, -0.05) is 25.1 Å². The zero-order valence-corrected chi connectivity index (χ0v) is 11.1. The van der Waals surface area contributed by atoms with Gasteiger partial charge in [-0.15, -0.1) is 0 Å². The molecule has 0 heterocycles. The van der Waals surface area contributed by atoms with Crippen LogP contribution in [0.1, 0.15) is 18.1 Å². The number of nitrogens with one attached hydrogen (secondary N) is 1. The highest BCUT2D eigenvalue weighted by molar-refractivity contribution is 7.98. The molecule has 0 aliphatic heterocycles. The smallest absolute Gasteiger partial charge is 0.122 e. The van der Waals surface area contributed by atoms with Gasteiger partial charge in [0.25, 0.3) is 0 Å². The fourth-order valence-electron chi connectivity index (χ4n) is 1.66. The van der Waals surface area contributed by atoms with E-state index in [1.807, 2.05) is 36.9 Å². The molecule has 1 atom stereocenters. The van der Waals surface area contributed by atoms with Crippen LogP contribution in [0.2, 0.25) is 0 Å². The van der Waals surface area contributed by atoms with E-state index in [0.29, 0.717) is 11.7 Å². The van der Waals surface area contributed by atoms with E-state index in [1.165, 1.54) is 5.75 Å². The Balaban J connectivity index is 2.40. The number of thioether (sulfide) groups is 1. The second kappa shape index (κ2) is 6.81. The third-order valence-corrected chi connectivity index (χ3v) is 3.48. The van der Waals surface area contributed by atoms with Crippen molar-refractivity contribution in [2.24, 2.45) is 5.92 Å². The van der Waals surface area contributed by atoms with Gasteiger partial charge in [0.15, 0.2) is 0 Å². The van der Waals surface area contributed by atoms with Gasteiger partial charge in [-0.25, -0.2) is 0 Å². The molecule has 0 bridgehead atoms. The summed E-state index contributed by atoms with van der Waals surface area (Å²) in [6, 6.07) is 5.88. The van der Waals surface area contributed by atoms with Gasteiger partial charge in [0, 0.05) is 12.1 Å². The van der Waals surface area contributed by atoms with Crippen molar-refractivity contribution in [2.45, 2.75) is 20.4 Å².